The van der Waals surface area contributed by atoms with Crippen LogP contribution in [0.5, 0.6) is 0 Å². The van der Waals surface area contributed by atoms with Crippen molar-refractivity contribution in [2.75, 3.05) is 0 Å². The van der Waals surface area contributed by atoms with E-state index >= 15 is 0 Å². The molecule has 3 rings (SSSR count). The molecule has 0 aromatic heterocycles. The molecule has 0 aliphatic rings. The van der Waals surface area contributed by atoms with Crippen LogP contribution in [-0.2, 0) is 25.7 Å². The van der Waals surface area contributed by atoms with E-state index in [9.17, 15) is 57.3 Å². The molecule has 16 heteroatoms. The zero-order valence-electron chi connectivity index (χ0n) is 22.3. The Morgan fingerprint density at radius 1 is 0.651 bits per heavy atom. The average Bonchev–Trinajstić information content (AvgIpc) is 2.88. The van der Waals surface area contributed by atoms with Gasteiger partial charge in [-0.25, -0.2) is 13.2 Å². The summed E-state index contributed by atoms with van der Waals surface area (Å²) in [5.74, 6) is -15.1. The lowest BCUT2D eigenvalue weighted by Crippen LogP contribution is -2.63. The number of alkyl halides is 9. The fourth-order valence-corrected chi connectivity index (χ4v) is 5.63. The van der Waals surface area contributed by atoms with Crippen molar-refractivity contribution in [1.82, 2.24) is 0 Å². The minimum Gasteiger partial charge on any atom is -0.743 e. The Hall–Kier alpha value is -3.24. The van der Waals surface area contributed by atoms with Gasteiger partial charge in [0.15, 0.2) is 24.8 Å². The van der Waals surface area contributed by atoms with Crippen molar-refractivity contribution in [1.29, 1.82) is 0 Å². The van der Waals surface area contributed by atoms with Gasteiger partial charge in [-0.15, -0.1) is 0 Å². The van der Waals surface area contributed by atoms with Gasteiger partial charge >= 0.3 is 29.2 Å². The molecule has 0 N–H and O–H groups in total. The second kappa shape index (κ2) is 12.8. The largest absolute Gasteiger partial charge is 0.743 e. The highest BCUT2D eigenvalue weighted by atomic mass is 32.2. The van der Waals surface area contributed by atoms with Crippen LogP contribution >= 0.6 is 0 Å². The number of hydrogen-bond donors (Lipinski definition) is 0. The van der Waals surface area contributed by atoms with Crippen molar-refractivity contribution < 1.29 is 62.0 Å². The summed E-state index contributed by atoms with van der Waals surface area (Å²) in [5, 5.41) is -7.11. The number of carbonyl (C=O) groups excluding carboxylic acids is 1. The van der Waals surface area contributed by atoms with E-state index in [-0.39, 0.29) is 16.9 Å². The van der Waals surface area contributed by atoms with Crippen LogP contribution in [0.15, 0.2) is 99.6 Å². The summed E-state index contributed by atoms with van der Waals surface area (Å²) in [6.45, 7) is 5.63. The molecule has 0 radical (unpaired) electrons. The molecule has 0 amide bonds. The van der Waals surface area contributed by atoms with E-state index in [1.54, 1.807) is 0 Å². The van der Waals surface area contributed by atoms with Crippen LogP contribution in [0.25, 0.3) is 0 Å². The molecule has 236 valence electrons. The van der Waals surface area contributed by atoms with Gasteiger partial charge in [0.05, 0.1) is 16.5 Å². The second-order valence-corrected chi connectivity index (χ2v) is 13.0. The fourth-order valence-electron chi connectivity index (χ4n) is 3.10. The number of rotatable bonds is 7. The summed E-state index contributed by atoms with van der Waals surface area (Å²) >= 11 is 0. The molecule has 0 bridgehead atoms. The summed E-state index contributed by atoms with van der Waals surface area (Å²) < 4.78 is 141. The first-order valence-corrected chi connectivity index (χ1v) is 14.4. The van der Waals surface area contributed by atoms with Gasteiger partial charge in [-0.3, -0.25) is 0 Å². The van der Waals surface area contributed by atoms with Crippen LogP contribution in [-0.4, -0.2) is 47.8 Å². The molecular weight excluding hydrogens is 639 g/mol. The van der Waals surface area contributed by atoms with Crippen molar-refractivity contribution in [2.24, 2.45) is 0 Å². The lowest BCUT2D eigenvalue weighted by atomic mass is 10.1. The summed E-state index contributed by atoms with van der Waals surface area (Å²) in [6, 6.07) is 28.7. The molecule has 0 unspecified atom stereocenters. The van der Waals surface area contributed by atoms with Gasteiger partial charge in [-0.1, -0.05) is 36.4 Å². The highest BCUT2D eigenvalue weighted by Crippen LogP contribution is 2.54. The molecule has 0 heterocycles. The molecule has 3 aromatic carbocycles. The molecule has 3 aromatic rings. The topological polar surface area (TPSA) is 83.5 Å². The molecule has 5 nitrogen and oxygen atoms in total. The smallest absolute Gasteiger partial charge is 0.460 e. The van der Waals surface area contributed by atoms with E-state index in [4.69, 9.17) is 4.74 Å². The Morgan fingerprint density at radius 3 is 1.35 bits per heavy atom. The second-order valence-electron chi connectivity index (χ2n) is 9.58. The van der Waals surface area contributed by atoms with Crippen LogP contribution < -0.4 is 0 Å². The summed E-state index contributed by atoms with van der Waals surface area (Å²) in [6.07, 6.45) is -7.16. The molecule has 0 saturated heterocycles. The van der Waals surface area contributed by atoms with Crippen LogP contribution in [0.3, 0.4) is 0 Å². The lowest BCUT2D eigenvalue weighted by molar-refractivity contribution is -0.382. The van der Waals surface area contributed by atoms with Gasteiger partial charge in [0, 0.05) is 0 Å². The molecule has 43 heavy (non-hydrogen) atoms. The number of ether oxygens (including phenoxy) is 1. The lowest BCUT2D eigenvalue weighted by Gasteiger charge is -2.34. The minimum atomic E-state index is -7.43. The quantitative estimate of drug-likeness (QED) is 0.112. The third kappa shape index (κ3) is 8.23. The van der Waals surface area contributed by atoms with Crippen molar-refractivity contribution in [3.05, 3.63) is 90.5 Å². The van der Waals surface area contributed by atoms with E-state index < -0.39 is 39.0 Å². The SMILES string of the molecule is CC(C)(C)OC(=O)c1ccc([S+](c2ccccc2)c2ccccc2)cc1.O=S(=O)([O-])C(F)(F)C(F)(F)C(F)(F)C(F)(F)F. The number of hydrogen-bond acceptors (Lipinski definition) is 5. The van der Waals surface area contributed by atoms with Crippen molar-refractivity contribution >= 4 is 27.0 Å². The van der Waals surface area contributed by atoms with E-state index in [0.29, 0.717) is 5.56 Å². The Morgan fingerprint density at radius 2 is 1.02 bits per heavy atom. The molecular formula is C27H23F9O5S2. The predicted octanol–water partition coefficient (Wildman–Crippen LogP) is 7.69. The molecule has 0 saturated carbocycles. The van der Waals surface area contributed by atoms with Crippen molar-refractivity contribution in [3.8, 4) is 0 Å². The first kappa shape index (κ1) is 36.0. The predicted molar refractivity (Wildman–Crippen MR) is 137 cm³/mol. The maximum atomic E-state index is 12.3. The van der Waals surface area contributed by atoms with E-state index in [0.717, 1.165) is 0 Å². The van der Waals surface area contributed by atoms with Gasteiger partial charge in [0.2, 0.25) is 0 Å². The Bertz CT molecular complexity index is 1430. The zero-order valence-corrected chi connectivity index (χ0v) is 24.0. The first-order chi connectivity index (χ1) is 19.4. The summed E-state index contributed by atoms with van der Waals surface area (Å²) in [7, 11) is -7.62. The van der Waals surface area contributed by atoms with Crippen molar-refractivity contribution in [2.45, 2.75) is 64.3 Å². The number of benzene rings is 3. The van der Waals surface area contributed by atoms with Crippen LogP contribution in [0.2, 0.25) is 0 Å². The Kier molecular flexibility index (Phi) is 10.7. The van der Waals surface area contributed by atoms with Gasteiger partial charge < -0.3 is 9.29 Å². The number of carbonyl (C=O) groups is 1. The summed E-state index contributed by atoms with van der Waals surface area (Å²) in [5.41, 5.74) is 0.0852. The highest BCUT2D eigenvalue weighted by molar-refractivity contribution is 7.97. The zero-order chi connectivity index (χ0) is 33.1. The minimum absolute atomic E-state index is 0.207. The molecule has 0 aliphatic heterocycles. The third-order valence-electron chi connectivity index (χ3n) is 5.11. The summed E-state index contributed by atoms with van der Waals surface area (Å²) in [4.78, 5) is 15.9. The van der Waals surface area contributed by atoms with E-state index in [2.05, 4.69) is 48.5 Å². The number of halogens is 9. The maximum absolute atomic E-state index is 12.3. The Labute approximate surface area is 243 Å². The number of esters is 1. The van der Waals surface area contributed by atoms with E-state index in [1.807, 2.05) is 57.2 Å². The van der Waals surface area contributed by atoms with Gasteiger partial charge in [-0.05, 0) is 69.3 Å². The first-order valence-electron chi connectivity index (χ1n) is 11.8. The van der Waals surface area contributed by atoms with Crippen molar-refractivity contribution in [3.63, 3.8) is 0 Å². The molecule has 0 aliphatic carbocycles. The van der Waals surface area contributed by atoms with Crippen LogP contribution in [0, 0.1) is 0 Å². The monoisotopic (exact) mass is 662 g/mol. The van der Waals surface area contributed by atoms with Crippen LogP contribution in [0.4, 0.5) is 39.5 Å². The molecule has 0 fully saturated rings. The maximum Gasteiger partial charge on any atom is 0.460 e. The Balaban J connectivity index is 0.000000332. The highest BCUT2D eigenvalue weighted by Gasteiger charge is 2.83. The van der Waals surface area contributed by atoms with Crippen LogP contribution in [0.1, 0.15) is 31.1 Å². The third-order valence-corrected chi connectivity index (χ3v) is 8.23. The normalized spacial score (nSPS) is 13.3. The van der Waals surface area contributed by atoms with Gasteiger partial charge in [0.25, 0.3) is 0 Å². The molecule has 0 atom stereocenters. The van der Waals surface area contributed by atoms with Gasteiger partial charge in [0.1, 0.15) is 5.60 Å². The van der Waals surface area contributed by atoms with E-state index in [1.165, 1.54) is 14.7 Å². The molecule has 0 spiro atoms. The average molecular weight is 663 g/mol. The standard InChI is InChI=1S/C23H23O2S.C4HF9O3S/c1-23(2,3)25-22(24)18-14-16-21(17-15-18)26(19-10-6-4-7-11-19)20-12-8-5-9-13-20;5-1(6,3(9,10)11)2(7,8)4(12,13)17(14,15)16/h4-17H,1-3H3;(H,14,15,16)/q+1;/p-1. The van der Waals surface area contributed by atoms with Gasteiger partial charge in [-0.2, -0.15) is 39.5 Å². The fraction of sp³-hybridized carbons (Fsp3) is 0.296.